The van der Waals surface area contributed by atoms with Crippen LogP contribution in [-0.2, 0) is 12.6 Å². The zero-order chi connectivity index (χ0) is 10.3. The van der Waals surface area contributed by atoms with E-state index in [1.807, 2.05) is 0 Å². The van der Waals surface area contributed by atoms with E-state index in [0.717, 1.165) is 0 Å². The van der Waals surface area contributed by atoms with E-state index in [1.54, 1.807) is 0 Å². The average Bonchev–Trinajstić information content (AvgIpc) is 2.05. The summed E-state index contributed by atoms with van der Waals surface area (Å²) in [5.41, 5.74) is 0. The normalized spacial score (nSPS) is 12.5. The number of rotatable bonds is 3. The fraction of sp³-hybridized carbons (Fsp3) is 0.500. The van der Waals surface area contributed by atoms with E-state index in [4.69, 9.17) is 13.2 Å². The average molecular weight is 325 g/mol. The van der Waals surface area contributed by atoms with Crippen LogP contribution in [0.15, 0.2) is 0 Å². The Labute approximate surface area is 129 Å². The van der Waals surface area contributed by atoms with Gasteiger partial charge in [0.05, 0.1) is 11.9 Å². The molecule has 7 nitrogen and oxygen atoms in total. The Kier molecular flexibility index (Phi) is 16.9. The number of carboxylic acids is 2. The summed E-state index contributed by atoms with van der Waals surface area (Å²) in [6.07, 6.45) is -4.88. The molecule has 0 aliphatic carbocycles. The van der Waals surface area contributed by atoms with Gasteiger partial charge in [-0.2, -0.15) is 0 Å². The van der Waals surface area contributed by atoms with Crippen molar-refractivity contribution in [3.05, 3.63) is 0 Å². The first-order valence-electron chi connectivity index (χ1n) is 2.43. The number of carbonyl (C=O) groups excluding carboxylic acids is 2. The molecule has 0 rings (SSSR count). The molecule has 0 aliphatic rings. The first-order valence-corrected chi connectivity index (χ1v) is 3.47. The first-order chi connectivity index (χ1) is 5.46. The Morgan fingerprint density at radius 2 is 1.15 bits per heavy atom. The van der Waals surface area contributed by atoms with Gasteiger partial charge in [-0.1, -0.05) is 0 Å². The van der Waals surface area contributed by atoms with E-state index in [0.29, 0.717) is 23.0 Å². The second kappa shape index (κ2) is 11.2. The van der Waals surface area contributed by atoms with Gasteiger partial charge in [-0.3, -0.25) is 0 Å². The van der Waals surface area contributed by atoms with Crippen LogP contribution in [-0.4, -0.2) is 57.4 Å². The van der Waals surface area contributed by atoms with E-state index >= 15 is 0 Å². The van der Waals surface area contributed by atoms with Gasteiger partial charge in [0.1, 0.15) is 12.2 Å². The summed E-state index contributed by atoms with van der Waals surface area (Å²) in [6.45, 7) is 0. The van der Waals surface area contributed by atoms with Crippen molar-refractivity contribution < 1.29 is 84.4 Å². The quantitative estimate of drug-likeness (QED) is 0.492. The summed E-state index contributed by atoms with van der Waals surface area (Å²) in [5.74, 6) is -4.12. The van der Waals surface area contributed by atoms with E-state index in [9.17, 15) is 19.8 Å². The number of aliphatic hydroxyl groups excluding tert-OH is 2. The van der Waals surface area contributed by atoms with Crippen LogP contribution >= 0.6 is 0 Å². The summed E-state index contributed by atoms with van der Waals surface area (Å²) in [7, 11) is 0. The molecule has 2 atom stereocenters. The van der Waals surface area contributed by atoms with Crippen molar-refractivity contribution in [3.8, 4) is 0 Å². The topological polar surface area (TPSA) is 138 Å². The molecule has 2 N–H and O–H groups in total. The van der Waals surface area contributed by atoms with Gasteiger partial charge in [0, 0.05) is 0 Å². The summed E-state index contributed by atoms with van der Waals surface area (Å²) >= 11 is 0.500. The fourth-order valence-corrected chi connectivity index (χ4v) is 0.258. The summed E-state index contributed by atoms with van der Waals surface area (Å²) in [5, 5.41) is 35.7. The molecular weight excluding hydrogens is 321 g/mol. The number of aliphatic hydroxyl groups is 2. The van der Waals surface area contributed by atoms with Crippen LogP contribution in [0.25, 0.3) is 0 Å². The minimum absolute atomic E-state index is 0. The first kappa shape index (κ1) is 19.7. The standard InChI is InChI=1S/C4H6O6.K.O.Sb/c5-1(3(7)8)2(6)4(9)10;;;/h1-2,5-6H,(H,7,8)(H,9,10);;;/q;+1;;+1/p-2. The van der Waals surface area contributed by atoms with Gasteiger partial charge in [-0.05, 0) is 0 Å². The van der Waals surface area contributed by atoms with E-state index in [2.05, 4.69) is 0 Å². The summed E-state index contributed by atoms with van der Waals surface area (Å²) < 4.78 is 8.30. The Morgan fingerprint density at radius 1 is 1.00 bits per heavy atom. The molecule has 0 aliphatic heterocycles. The van der Waals surface area contributed by atoms with Gasteiger partial charge in [0.15, 0.2) is 0 Å². The molecule has 0 amide bonds. The van der Waals surface area contributed by atoms with Crippen LogP contribution in [0.2, 0.25) is 0 Å². The molecule has 2 radical (unpaired) electrons. The number of hydrogen-bond acceptors (Lipinski definition) is 7. The van der Waals surface area contributed by atoms with Crippen molar-refractivity contribution in [1.29, 1.82) is 0 Å². The SMILES string of the molecule is O=C([O-])C(O)C(O)C(=O)[O-].[K+].[O]=[Sb+]. The third-order valence-electron chi connectivity index (χ3n) is 0.782. The summed E-state index contributed by atoms with van der Waals surface area (Å²) in [4.78, 5) is 19.3. The molecule has 2 unspecified atom stereocenters. The van der Waals surface area contributed by atoms with Gasteiger partial charge >= 0.3 is 77.4 Å². The zero-order valence-electron chi connectivity index (χ0n) is 6.54. The monoisotopic (exact) mass is 324 g/mol. The van der Waals surface area contributed by atoms with Crippen molar-refractivity contribution in [1.82, 2.24) is 0 Å². The minimum atomic E-state index is -2.44. The second-order valence-corrected chi connectivity index (χ2v) is 1.53. The number of carboxylic acid groups (broad SMARTS) is 2. The molecule has 0 fully saturated rings. The Balaban J connectivity index is -0.000000309. The van der Waals surface area contributed by atoms with Crippen molar-refractivity contribution in [2.24, 2.45) is 0 Å². The maximum absolute atomic E-state index is 9.63. The van der Waals surface area contributed by atoms with Crippen molar-refractivity contribution in [2.75, 3.05) is 0 Å². The molecule has 0 heterocycles. The van der Waals surface area contributed by atoms with E-state index < -0.39 is 24.1 Å². The van der Waals surface area contributed by atoms with Crippen LogP contribution < -0.4 is 61.6 Å². The van der Waals surface area contributed by atoms with Gasteiger partial charge in [-0.15, -0.1) is 0 Å². The third kappa shape index (κ3) is 9.42. The molecule has 0 aromatic carbocycles. The molecule has 0 saturated heterocycles. The van der Waals surface area contributed by atoms with Gasteiger partial charge < -0.3 is 30.0 Å². The Bertz CT molecular complexity index is 156. The molecule has 0 aromatic rings. The molecule has 0 saturated carbocycles. The van der Waals surface area contributed by atoms with Gasteiger partial charge in [0.2, 0.25) is 0 Å². The number of carbonyl (C=O) groups is 2. The molecule has 0 aromatic heterocycles. The number of hydrogen-bond donors (Lipinski definition) is 2. The van der Waals surface area contributed by atoms with Crippen molar-refractivity contribution in [3.63, 3.8) is 0 Å². The second-order valence-electron chi connectivity index (χ2n) is 1.53. The number of aliphatic carboxylic acids is 2. The molecule has 0 bridgehead atoms. The van der Waals surface area contributed by atoms with E-state index in [1.165, 1.54) is 0 Å². The van der Waals surface area contributed by atoms with Crippen LogP contribution in [0.5, 0.6) is 0 Å². The predicted molar refractivity (Wildman–Crippen MR) is 28.5 cm³/mol. The Morgan fingerprint density at radius 3 is 1.23 bits per heavy atom. The fourth-order valence-electron chi connectivity index (χ4n) is 0.258. The summed E-state index contributed by atoms with van der Waals surface area (Å²) in [6, 6.07) is 0. The van der Waals surface area contributed by atoms with Gasteiger partial charge in [-0.25, -0.2) is 0 Å². The van der Waals surface area contributed by atoms with Crippen molar-refractivity contribution >= 4 is 35.0 Å². The van der Waals surface area contributed by atoms with Crippen LogP contribution in [0.4, 0.5) is 0 Å². The maximum atomic E-state index is 9.63. The van der Waals surface area contributed by atoms with Crippen LogP contribution in [0.3, 0.4) is 0 Å². The van der Waals surface area contributed by atoms with Gasteiger partial charge in [0.25, 0.3) is 0 Å². The van der Waals surface area contributed by atoms with Crippen molar-refractivity contribution in [2.45, 2.75) is 12.2 Å². The molecule has 9 heteroatoms. The molecular formula is C4H4KO7Sb. The van der Waals surface area contributed by atoms with Crippen LogP contribution in [0.1, 0.15) is 0 Å². The molecule has 0 spiro atoms. The predicted octanol–water partition coefficient (Wildman–Crippen LogP) is -8.29. The Hall–Kier alpha value is 1.11. The van der Waals surface area contributed by atoms with Crippen LogP contribution in [0, 0.1) is 0 Å². The zero-order valence-corrected chi connectivity index (χ0v) is 12.2. The third-order valence-corrected chi connectivity index (χ3v) is 0.782. The molecule has 68 valence electrons. The van der Waals surface area contributed by atoms with E-state index in [-0.39, 0.29) is 51.4 Å². The molecule has 13 heavy (non-hydrogen) atoms.